The fourth-order valence-electron chi connectivity index (χ4n) is 4.23. The normalized spacial score (nSPS) is 18.3. The standard InChI is InChI=1S/C24H33N5O5S/c1-13(2)20(25)23(32)29-9-5-8-19(29)22(31)28-18(12-35)21(30)27-17(24(33)34)10-14-11-26-16-7-4-3-6-15(14)16/h3-4,6-7,11,13,17-20,26,35H,5,8-10,12,25H2,1-2H3,(H,27,30)(H,28,31)(H,33,34). The van der Waals surface area contributed by atoms with Crippen molar-refractivity contribution in [2.75, 3.05) is 12.3 Å². The Bertz CT molecular complexity index is 1090. The van der Waals surface area contributed by atoms with Gasteiger partial charge in [0.15, 0.2) is 0 Å². The Morgan fingerprint density at radius 3 is 2.57 bits per heavy atom. The third-order valence-corrected chi connectivity index (χ3v) is 6.74. The molecule has 3 rings (SSSR count). The molecule has 3 amide bonds. The zero-order chi connectivity index (χ0) is 25.7. The molecule has 11 heteroatoms. The first-order valence-electron chi connectivity index (χ1n) is 11.7. The molecule has 1 fully saturated rings. The highest BCUT2D eigenvalue weighted by atomic mass is 32.1. The van der Waals surface area contributed by atoms with E-state index in [1.807, 2.05) is 38.1 Å². The summed E-state index contributed by atoms with van der Waals surface area (Å²) in [5.74, 6) is -2.74. The van der Waals surface area contributed by atoms with E-state index in [-0.39, 0.29) is 24.0 Å². The number of likely N-dealkylation sites (tertiary alicyclic amines) is 1. The molecular weight excluding hydrogens is 470 g/mol. The molecule has 190 valence electrons. The lowest BCUT2D eigenvalue weighted by atomic mass is 10.0. The van der Waals surface area contributed by atoms with Gasteiger partial charge in [0.1, 0.15) is 18.1 Å². The zero-order valence-electron chi connectivity index (χ0n) is 19.9. The maximum Gasteiger partial charge on any atom is 0.326 e. The van der Waals surface area contributed by atoms with Gasteiger partial charge in [-0.05, 0) is 30.4 Å². The Hall–Kier alpha value is -3.05. The van der Waals surface area contributed by atoms with Crippen molar-refractivity contribution < 1.29 is 24.3 Å². The second kappa shape index (κ2) is 11.6. The Balaban J connectivity index is 1.66. The van der Waals surface area contributed by atoms with Gasteiger partial charge in [-0.1, -0.05) is 32.0 Å². The van der Waals surface area contributed by atoms with Crippen LogP contribution in [0, 0.1) is 5.92 Å². The van der Waals surface area contributed by atoms with Gasteiger partial charge < -0.3 is 31.4 Å². The monoisotopic (exact) mass is 503 g/mol. The number of carboxylic acids is 1. The number of amides is 3. The van der Waals surface area contributed by atoms with E-state index in [4.69, 9.17) is 5.73 Å². The van der Waals surface area contributed by atoms with Crippen LogP contribution >= 0.6 is 12.6 Å². The highest BCUT2D eigenvalue weighted by Crippen LogP contribution is 2.21. The molecule has 0 aliphatic carbocycles. The Labute approximate surface area is 209 Å². The average Bonchev–Trinajstić information content (AvgIpc) is 3.48. The highest BCUT2D eigenvalue weighted by Gasteiger charge is 2.38. The molecule has 4 atom stereocenters. The molecule has 1 aromatic heterocycles. The molecule has 0 saturated carbocycles. The molecule has 6 N–H and O–H groups in total. The van der Waals surface area contributed by atoms with E-state index in [9.17, 15) is 24.3 Å². The van der Waals surface area contributed by atoms with Crippen LogP contribution in [-0.2, 0) is 25.6 Å². The van der Waals surface area contributed by atoms with Crippen molar-refractivity contribution in [3.8, 4) is 0 Å². The van der Waals surface area contributed by atoms with Crippen molar-refractivity contribution in [2.45, 2.75) is 57.3 Å². The molecule has 35 heavy (non-hydrogen) atoms. The zero-order valence-corrected chi connectivity index (χ0v) is 20.8. The number of nitrogens with two attached hydrogens (primary N) is 1. The number of carbonyl (C=O) groups excluding carboxylic acids is 3. The predicted molar refractivity (Wildman–Crippen MR) is 135 cm³/mol. The van der Waals surface area contributed by atoms with E-state index in [1.54, 1.807) is 6.20 Å². The van der Waals surface area contributed by atoms with Gasteiger partial charge in [0.2, 0.25) is 17.7 Å². The number of carbonyl (C=O) groups is 4. The van der Waals surface area contributed by atoms with E-state index in [0.29, 0.717) is 19.4 Å². The second-order valence-corrected chi connectivity index (χ2v) is 9.53. The van der Waals surface area contributed by atoms with Crippen molar-refractivity contribution in [1.29, 1.82) is 0 Å². The van der Waals surface area contributed by atoms with Gasteiger partial charge >= 0.3 is 5.97 Å². The molecule has 2 heterocycles. The van der Waals surface area contributed by atoms with E-state index in [1.165, 1.54) is 4.90 Å². The number of nitrogens with zero attached hydrogens (tertiary/aromatic N) is 1. The fourth-order valence-corrected chi connectivity index (χ4v) is 4.49. The summed E-state index contributed by atoms with van der Waals surface area (Å²) in [4.78, 5) is 55.0. The van der Waals surface area contributed by atoms with Gasteiger partial charge in [0.25, 0.3) is 0 Å². The van der Waals surface area contributed by atoms with Crippen LogP contribution in [0.5, 0.6) is 0 Å². The third-order valence-electron chi connectivity index (χ3n) is 6.37. The summed E-state index contributed by atoms with van der Waals surface area (Å²) in [6.45, 7) is 4.09. The number of carboxylic acid groups (broad SMARTS) is 1. The van der Waals surface area contributed by atoms with E-state index < -0.39 is 42.0 Å². The van der Waals surface area contributed by atoms with Crippen LogP contribution in [0.15, 0.2) is 30.5 Å². The number of H-pyrrole nitrogens is 1. The smallest absolute Gasteiger partial charge is 0.326 e. The SMILES string of the molecule is CC(C)C(N)C(=O)N1CCCC1C(=O)NC(CS)C(=O)NC(Cc1c[nH]c2ccccc12)C(=O)O. The van der Waals surface area contributed by atoms with Crippen LogP contribution in [0.25, 0.3) is 10.9 Å². The molecule has 0 radical (unpaired) electrons. The predicted octanol–water partition coefficient (Wildman–Crippen LogP) is 0.669. The minimum absolute atomic E-state index is 0.0385. The summed E-state index contributed by atoms with van der Waals surface area (Å²) < 4.78 is 0. The lowest BCUT2D eigenvalue weighted by molar-refractivity contribution is -0.143. The topological polar surface area (TPSA) is 158 Å². The number of fused-ring (bicyclic) bond motifs is 1. The molecule has 2 aromatic rings. The molecular formula is C24H33N5O5S. The summed E-state index contributed by atoms with van der Waals surface area (Å²) in [7, 11) is 0. The number of rotatable bonds is 10. The molecule has 1 aromatic carbocycles. The van der Waals surface area contributed by atoms with Gasteiger partial charge in [-0.25, -0.2) is 4.79 Å². The number of aromatic amines is 1. The van der Waals surface area contributed by atoms with Gasteiger partial charge in [0, 0.05) is 35.8 Å². The van der Waals surface area contributed by atoms with Crippen molar-refractivity contribution in [3.63, 3.8) is 0 Å². The first-order valence-corrected chi connectivity index (χ1v) is 12.3. The van der Waals surface area contributed by atoms with Crippen LogP contribution < -0.4 is 16.4 Å². The number of aromatic nitrogens is 1. The lowest BCUT2D eigenvalue weighted by Crippen LogP contribution is -2.57. The fraction of sp³-hybridized carbons (Fsp3) is 0.500. The number of aliphatic carboxylic acids is 1. The van der Waals surface area contributed by atoms with Crippen LogP contribution in [0.3, 0.4) is 0 Å². The summed E-state index contributed by atoms with van der Waals surface area (Å²) in [5, 5.41) is 15.7. The largest absolute Gasteiger partial charge is 0.480 e. The molecule has 1 aliphatic rings. The van der Waals surface area contributed by atoms with Gasteiger partial charge in [0.05, 0.1) is 6.04 Å². The molecule has 0 bridgehead atoms. The molecule has 1 saturated heterocycles. The number of thiol groups is 1. The highest BCUT2D eigenvalue weighted by molar-refractivity contribution is 7.80. The minimum atomic E-state index is -1.20. The summed E-state index contributed by atoms with van der Waals surface area (Å²) in [6.07, 6.45) is 2.90. The van der Waals surface area contributed by atoms with Crippen molar-refractivity contribution in [2.24, 2.45) is 11.7 Å². The maximum atomic E-state index is 13.0. The second-order valence-electron chi connectivity index (χ2n) is 9.17. The quantitative estimate of drug-likeness (QED) is 0.262. The summed E-state index contributed by atoms with van der Waals surface area (Å²) in [6, 6.07) is 3.77. The summed E-state index contributed by atoms with van der Waals surface area (Å²) >= 11 is 4.18. The van der Waals surface area contributed by atoms with Gasteiger partial charge in [-0.3, -0.25) is 14.4 Å². The van der Waals surface area contributed by atoms with Crippen LogP contribution in [0.4, 0.5) is 0 Å². The lowest BCUT2D eigenvalue weighted by Gasteiger charge is -2.29. The number of hydrogen-bond acceptors (Lipinski definition) is 6. The van der Waals surface area contributed by atoms with Crippen LogP contribution in [0.2, 0.25) is 0 Å². The van der Waals surface area contributed by atoms with E-state index >= 15 is 0 Å². The van der Waals surface area contributed by atoms with Crippen LogP contribution in [0.1, 0.15) is 32.3 Å². The van der Waals surface area contributed by atoms with Crippen molar-refractivity contribution in [1.82, 2.24) is 20.5 Å². The van der Waals surface area contributed by atoms with Crippen molar-refractivity contribution >= 4 is 47.2 Å². The Kier molecular flexibility index (Phi) is 8.79. The van der Waals surface area contributed by atoms with Crippen LogP contribution in [-0.4, -0.2) is 75.1 Å². The number of benzene rings is 1. The first-order chi connectivity index (χ1) is 16.6. The average molecular weight is 504 g/mol. The maximum absolute atomic E-state index is 13.0. The summed E-state index contributed by atoms with van der Waals surface area (Å²) in [5.41, 5.74) is 7.61. The van der Waals surface area contributed by atoms with Crippen molar-refractivity contribution in [3.05, 3.63) is 36.0 Å². The minimum Gasteiger partial charge on any atom is -0.480 e. The number of para-hydroxylation sites is 1. The first kappa shape index (κ1) is 26.6. The van der Waals surface area contributed by atoms with Gasteiger partial charge in [-0.2, -0.15) is 12.6 Å². The van der Waals surface area contributed by atoms with Gasteiger partial charge in [-0.15, -0.1) is 0 Å². The molecule has 1 aliphatic heterocycles. The molecule has 0 spiro atoms. The van der Waals surface area contributed by atoms with E-state index in [2.05, 4.69) is 28.2 Å². The Morgan fingerprint density at radius 2 is 1.91 bits per heavy atom. The third kappa shape index (κ3) is 6.15. The Morgan fingerprint density at radius 1 is 1.20 bits per heavy atom. The number of hydrogen-bond donors (Lipinski definition) is 6. The number of nitrogens with one attached hydrogen (secondary N) is 3. The molecule has 10 nitrogen and oxygen atoms in total. The molecule has 4 unspecified atom stereocenters. The van der Waals surface area contributed by atoms with E-state index in [0.717, 1.165) is 16.5 Å².